The van der Waals surface area contributed by atoms with Crippen molar-refractivity contribution in [3.05, 3.63) is 28.8 Å². The van der Waals surface area contributed by atoms with Crippen LogP contribution in [-0.4, -0.2) is 41.7 Å². The van der Waals surface area contributed by atoms with Gasteiger partial charge in [-0.3, -0.25) is 4.90 Å². The second-order valence-corrected chi connectivity index (χ2v) is 6.69. The smallest absolute Gasteiger partial charge is 0.339 e. The Labute approximate surface area is 136 Å². The maximum Gasteiger partial charge on any atom is 0.339 e. The molecule has 0 bridgehead atoms. The highest BCUT2D eigenvalue weighted by Crippen LogP contribution is 2.32. The first-order valence-corrected chi connectivity index (χ1v) is 8.42. The van der Waals surface area contributed by atoms with E-state index in [-0.39, 0.29) is 5.56 Å². The fourth-order valence-corrected chi connectivity index (χ4v) is 3.94. The number of hydrogen-bond acceptors (Lipinski definition) is 3. The zero-order chi connectivity index (χ0) is 15.5. The third-order valence-corrected chi connectivity index (χ3v) is 5.09. The number of aromatic carboxylic acids is 1. The molecule has 0 spiro atoms. The van der Waals surface area contributed by atoms with Crippen LogP contribution < -0.4 is 4.74 Å². The van der Waals surface area contributed by atoms with Gasteiger partial charge in [0.25, 0.3) is 0 Å². The van der Waals surface area contributed by atoms with E-state index in [1.54, 1.807) is 12.1 Å². The summed E-state index contributed by atoms with van der Waals surface area (Å²) in [5, 5.41) is 9.69. The van der Waals surface area contributed by atoms with Crippen LogP contribution in [-0.2, 0) is 0 Å². The molecule has 5 heteroatoms. The van der Waals surface area contributed by atoms with E-state index >= 15 is 0 Å². The standard InChI is InChI=1S/C17H22ClNO3/c18-13-6-7-16(14(10-13)17(20)21)22-11-12-4-3-9-19-8-2-1-5-15(12)19/h6-7,10,12,15H,1-5,8-9,11H2,(H,20,21)/t12-,15+/m0/s1. The maximum atomic E-state index is 11.3. The molecule has 0 saturated carbocycles. The van der Waals surface area contributed by atoms with Crippen molar-refractivity contribution in [1.82, 2.24) is 4.90 Å². The van der Waals surface area contributed by atoms with Gasteiger partial charge in [-0.05, 0) is 57.0 Å². The number of piperidine rings is 2. The van der Waals surface area contributed by atoms with Crippen molar-refractivity contribution in [3.8, 4) is 5.75 Å². The van der Waals surface area contributed by atoms with E-state index in [1.165, 1.54) is 44.8 Å². The molecule has 2 atom stereocenters. The number of fused-ring (bicyclic) bond motifs is 1. The van der Waals surface area contributed by atoms with E-state index in [9.17, 15) is 9.90 Å². The molecule has 1 aromatic rings. The third kappa shape index (κ3) is 3.39. The molecule has 0 aliphatic carbocycles. The summed E-state index contributed by atoms with van der Waals surface area (Å²) >= 11 is 5.88. The van der Waals surface area contributed by atoms with Gasteiger partial charge in [0.05, 0.1) is 6.61 Å². The SMILES string of the molecule is O=C(O)c1cc(Cl)ccc1OC[C@@H]1CCCN2CCCC[C@H]12. The summed E-state index contributed by atoms with van der Waals surface area (Å²) in [4.78, 5) is 13.9. The number of halogens is 1. The van der Waals surface area contributed by atoms with E-state index in [0.717, 1.165) is 6.42 Å². The van der Waals surface area contributed by atoms with Crippen molar-refractivity contribution in [1.29, 1.82) is 0 Å². The van der Waals surface area contributed by atoms with Gasteiger partial charge >= 0.3 is 5.97 Å². The maximum absolute atomic E-state index is 11.3. The fraction of sp³-hybridized carbons (Fsp3) is 0.588. The van der Waals surface area contributed by atoms with Crippen molar-refractivity contribution >= 4 is 17.6 Å². The first kappa shape index (κ1) is 15.6. The summed E-state index contributed by atoms with van der Waals surface area (Å²) in [7, 11) is 0. The molecule has 3 rings (SSSR count). The second kappa shape index (κ2) is 6.88. The molecule has 2 heterocycles. The largest absolute Gasteiger partial charge is 0.492 e. The van der Waals surface area contributed by atoms with Crippen molar-refractivity contribution in [2.75, 3.05) is 19.7 Å². The van der Waals surface area contributed by atoms with Gasteiger partial charge in [0.1, 0.15) is 11.3 Å². The van der Waals surface area contributed by atoms with Crippen molar-refractivity contribution in [2.24, 2.45) is 5.92 Å². The van der Waals surface area contributed by atoms with Crippen LogP contribution in [0.4, 0.5) is 0 Å². The molecule has 0 unspecified atom stereocenters. The first-order chi connectivity index (χ1) is 10.6. The number of nitrogens with zero attached hydrogens (tertiary/aromatic N) is 1. The van der Waals surface area contributed by atoms with Crippen LogP contribution >= 0.6 is 11.6 Å². The van der Waals surface area contributed by atoms with E-state index < -0.39 is 5.97 Å². The van der Waals surface area contributed by atoms with Gasteiger partial charge in [0.15, 0.2) is 0 Å². The number of carbonyl (C=O) groups is 1. The highest BCUT2D eigenvalue weighted by atomic mass is 35.5. The molecule has 2 saturated heterocycles. The molecule has 1 aromatic carbocycles. The minimum Gasteiger partial charge on any atom is -0.492 e. The molecule has 2 fully saturated rings. The number of carboxylic acid groups (broad SMARTS) is 1. The Kier molecular flexibility index (Phi) is 4.89. The second-order valence-electron chi connectivity index (χ2n) is 6.26. The Bertz CT molecular complexity index is 547. The van der Waals surface area contributed by atoms with Gasteiger partial charge in [-0.2, -0.15) is 0 Å². The Hall–Kier alpha value is -1.26. The monoisotopic (exact) mass is 323 g/mol. The van der Waals surface area contributed by atoms with Crippen molar-refractivity contribution in [2.45, 2.75) is 38.1 Å². The summed E-state index contributed by atoms with van der Waals surface area (Å²) in [6.45, 7) is 2.98. The zero-order valence-corrected chi connectivity index (χ0v) is 13.4. The minimum absolute atomic E-state index is 0.142. The Morgan fingerprint density at radius 1 is 1.27 bits per heavy atom. The van der Waals surface area contributed by atoms with Crippen LogP contribution in [0.2, 0.25) is 5.02 Å². The topological polar surface area (TPSA) is 49.8 Å². The summed E-state index contributed by atoms with van der Waals surface area (Å²) in [6.07, 6.45) is 6.19. The normalized spacial score (nSPS) is 25.5. The summed E-state index contributed by atoms with van der Waals surface area (Å²) < 4.78 is 5.88. The molecule has 120 valence electrons. The van der Waals surface area contributed by atoms with Crippen molar-refractivity contribution < 1.29 is 14.6 Å². The molecule has 4 nitrogen and oxygen atoms in total. The quantitative estimate of drug-likeness (QED) is 0.918. The van der Waals surface area contributed by atoms with E-state index in [4.69, 9.17) is 16.3 Å². The van der Waals surface area contributed by atoms with Crippen LogP contribution in [0.5, 0.6) is 5.75 Å². The van der Waals surface area contributed by atoms with Gasteiger partial charge < -0.3 is 9.84 Å². The number of rotatable bonds is 4. The highest BCUT2D eigenvalue weighted by Gasteiger charge is 2.33. The van der Waals surface area contributed by atoms with Gasteiger partial charge in [0, 0.05) is 17.0 Å². The van der Waals surface area contributed by atoms with E-state index in [2.05, 4.69) is 4.90 Å². The van der Waals surface area contributed by atoms with Gasteiger partial charge in [-0.25, -0.2) is 4.79 Å². The van der Waals surface area contributed by atoms with Crippen LogP contribution in [0.1, 0.15) is 42.5 Å². The summed E-state index contributed by atoms with van der Waals surface area (Å²) in [6, 6.07) is 5.39. The lowest BCUT2D eigenvalue weighted by Gasteiger charge is -2.44. The fourth-order valence-electron chi connectivity index (χ4n) is 3.76. The minimum atomic E-state index is -1.000. The lowest BCUT2D eigenvalue weighted by Crippen LogP contribution is -2.49. The molecule has 22 heavy (non-hydrogen) atoms. The molecule has 2 aliphatic rings. The number of benzene rings is 1. The van der Waals surface area contributed by atoms with Gasteiger partial charge in [0.2, 0.25) is 0 Å². The van der Waals surface area contributed by atoms with E-state index in [1.807, 2.05) is 0 Å². The van der Waals surface area contributed by atoms with Crippen LogP contribution in [0.15, 0.2) is 18.2 Å². The molecular formula is C17H22ClNO3. The molecule has 2 aliphatic heterocycles. The average molecular weight is 324 g/mol. The lowest BCUT2D eigenvalue weighted by molar-refractivity contribution is 0.0361. The van der Waals surface area contributed by atoms with Crippen LogP contribution in [0.25, 0.3) is 0 Å². The highest BCUT2D eigenvalue weighted by molar-refractivity contribution is 6.31. The van der Waals surface area contributed by atoms with E-state index in [0.29, 0.717) is 29.3 Å². The summed E-state index contributed by atoms with van der Waals surface area (Å²) in [5.74, 6) is -0.0864. The average Bonchev–Trinajstić information content (AvgIpc) is 2.53. The van der Waals surface area contributed by atoms with Crippen LogP contribution in [0.3, 0.4) is 0 Å². The van der Waals surface area contributed by atoms with Crippen molar-refractivity contribution in [3.63, 3.8) is 0 Å². The number of ether oxygens (including phenoxy) is 1. The molecule has 0 amide bonds. The lowest BCUT2D eigenvalue weighted by atomic mass is 9.84. The first-order valence-electron chi connectivity index (χ1n) is 8.05. The summed E-state index contributed by atoms with van der Waals surface area (Å²) in [5.41, 5.74) is 0.142. The predicted molar refractivity (Wildman–Crippen MR) is 85.8 cm³/mol. The molecular weight excluding hydrogens is 302 g/mol. The predicted octanol–water partition coefficient (Wildman–Crippen LogP) is 3.68. The molecule has 0 aromatic heterocycles. The zero-order valence-electron chi connectivity index (χ0n) is 12.6. The molecule has 1 N–H and O–H groups in total. The van der Waals surface area contributed by atoms with Gasteiger partial charge in [-0.1, -0.05) is 18.0 Å². The third-order valence-electron chi connectivity index (χ3n) is 4.85. The van der Waals surface area contributed by atoms with Crippen LogP contribution in [0, 0.1) is 5.92 Å². The van der Waals surface area contributed by atoms with Gasteiger partial charge in [-0.15, -0.1) is 0 Å². The number of hydrogen-bond donors (Lipinski definition) is 1. The Morgan fingerprint density at radius 3 is 2.91 bits per heavy atom. The Morgan fingerprint density at radius 2 is 2.09 bits per heavy atom. The number of carboxylic acids is 1. The molecule has 0 radical (unpaired) electrons. The Balaban J connectivity index is 1.68.